The van der Waals surface area contributed by atoms with Crippen molar-refractivity contribution in [2.24, 2.45) is 5.10 Å². The quantitative estimate of drug-likeness (QED) is 0.276. The second kappa shape index (κ2) is 10.9. The van der Waals surface area contributed by atoms with E-state index in [2.05, 4.69) is 15.8 Å². The minimum absolute atomic E-state index is 0.126. The molecule has 170 valence electrons. The zero-order valence-electron chi connectivity index (χ0n) is 17.8. The maximum Gasteiger partial charge on any atom is 0.329 e. The molecule has 0 saturated carbocycles. The maximum atomic E-state index is 14.0. The van der Waals surface area contributed by atoms with Crippen molar-refractivity contribution in [1.82, 2.24) is 5.43 Å². The Morgan fingerprint density at radius 1 is 1.03 bits per heavy atom. The average Bonchev–Trinajstić information content (AvgIpc) is 2.77. The third-order valence-corrected chi connectivity index (χ3v) is 5.34. The van der Waals surface area contributed by atoms with Gasteiger partial charge in [0.2, 0.25) is 0 Å². The second-order valence-corrected chi connectivity index (χ2v) is 7.97. The largest absolute Gasteiger partial charge is 0.488 e. The van der Waals surface area contributed by atoms with Crippen molar-refractivity contribution in [2.75, 3.05) is 5.32 Å². The van der Waals surface area contributed by atoms with Gasteiger partial charge in [0.15, 0.2) is 0 Å². The molecule has 0 unspecified atom stereocenters. The van der Waals surface area contributed by atoms with Crippen LogP contribution in [-0.4, -0.2) is 18.0 Å². The number of carbonyl (C=O) groups excluding carboxylic acids is 2. The van der Waals surface area contributed by atoms with Crippen LogP contribution >= 0.6 is 23.2 Å². The molecule has 0 saturated heterocycles. The number of hydrogen-bond donors (Lipinski definition) is 2. The minimum Gasteiger partial charge on any atom is -0.488 e. The fraction of sp³-hybridized carbons (Fsp3) is 0.125. The third kappa shape index (κ3) is 6.54. The van der Waals surface area contributed by atoms with E-state index < -0.39 is 17.6 Å². The number of amides is 2. The number of nitrogens with zero attached hydrogens (tertiary/aromatic N) is 1. The van der Waals surface area contributed by atoms with Gasteiger partial charge >= 0.3 is 11.8 Å². The Morgan fingerprint density at radius 2 is 1.82 bits per heavy atom. The van der Waals surface area contributed by atoms with Gasteiger partial charge in [-0.05, 0) is 67.4 Å². The number of rotatable bonds is 6. The van der Waals surface area contributed by atoms with Gasteiger partial charge in [-0.3, -0.25) is 9.59 Å². The van der Waals surface area contributed by atoms with Crippen molar-refractivity contribution < 1.29 is 18.7 Å². The molecule has 0 bridgehead atoms. The van der Waals surface area contributed by atoms with Crippen molar-refractivity contribution in [1.29, 1.82) is 0 Å². The fourth-order valence-corrected chi connectivity index (χ4v) is 3.19. The van der Waals surface area contributed by atoms with Gasteiger partial charge in [-0.1, -0.05) is 35.3 Å². The highest BCUT2D eigenvalue weighted by Crippen LogP contribution is 2.25. The average molecular weight is 488 g/mol. The summed E-state index contributed by atoms with van der Waals surface area (Å²) in [6.45, 7) is 3.72. The molecule has 0 fully saturated rings. The van der Waals surface area contributed by atoms with E-state index in [4.69, 9.17) is 27.9 Å². The van der Waals surface area contributed by atoms with Crippen LogP contribution < -0.4 is 15.5 Å². The Morgan fingerprint density at radius 3 is 2.55 bits per heavy atom. The molecule has 0 aliphatic carbocycles. The number of carbonyl (C=O) groups is 2. The molecule has 3 aromatic rings. The summed E-state index contributed by atoms with van der Waals surface area (Å²) in [6.07, 6.45) is 1.27. The Labute approximate surface area is 200 Å². The molecule has 6 nitrogen and oxygen atoms in total. The zero-order valence-corrected chi connectivity index (χ0v) is 19.3. The molecule has 0 spiro atoms. The standard InChI is InChI=1S/C24H20Cl2FN3O3/c1-14-6-8-18(10-15(14)2)29-23(31)24(32)30-28-12-16-11-17(25)7-9-22(16)33-13-19-20(26)4-3-5-21(19)27/h3-12H,13H2,1-2H3,(H,29,31)(H,30,32)/b28-12-. The van der Waals surface area contributed by atoms with Crippen molar-refractivity contribution in [3.8, 4) is 5.75 Å². The summed E-state index contributed by atoms with van der Waals surface area (Å²) < 4.78 is 19.7. The minimum atomic E-state index is -0.952. The van der Waals surface area contributed by atoms with E-state index in [-0.39, 0.29) is 17.2 Å². The van der Waals surface area contributed by atoms with E-state index in [1.165, 1.54) is 18.3 Å². The molecule has 0 radical (unpaired) electrons. The molecule has 0 aliphatic heterocycles. The number of anilines is 1. The molecule has 2 N–H and O–H groups in total. The molecule has 2 amide bonds. The molecule has 0 atom stereocenters. The van der Waals surface area contributed by atoms with E-state index in [9.17, 15) is 14.0 Å². The summed E-state index contributed by atoms with van der Waals surface area (Å²) in [5.41, 5.74) is 5.31. The maximum absolute atomic E-state index is 14.0. The summed E-state index contributed by atoms with van der Waals surface area (Å²) in [4.78, 5) is 24.2. The first kappa shape index (κ1) is 24.2. The molecule has 3 rings (SSSR count). The first-order valence-corrected chi connectivity index (χ1v) is 10.6. The second-order valence-electron chi connectivity index (χ2n) is 7.12. The molecule has 0 heterocycles. The van der Waals surface area contributed by atoms with Crippen LogP contribution in [0.25, 0.3) is 0 Å². The summed E-state index contributed by atoms with van der Waals surface area (Å²) in [6, 6.07) is 14.4. The van der Waals surface area contributed by atoms with Crippen LogP contribution in [0.15, 0.2) is 59.7 Å². The van der Waals surface area contributed by atoms with Crippen LogP contribution in [0.1, 0.15) is 22.3 Å². The van der Waals surface area contributed by atoms with Crippen LogP contribution in [0.4, 0.5) is 10.1 Å². The zero-order chi connectivity index (χ0) is 24.0. The number of benzene rings is 3. The van der Waals surface area contributed by atoms with Gasteiger partial charge < -0.3 is 10.1 Å². The highest BCUT2D eigenvalue weighted by molar-refractivity contribution is 6.39. The Bertz CT molecular complexity index is 1210. The van der Waals surface area contributed by atoms with Crippen LogP contribution in [0, 0.1) is 19.7 Å². The van der Waals surface area contributed by atoms with Crippen molar-refractivity contribution >= 4 is 46.9 Å². The van der Waals surface area contributed by atoms with Gasteiger partial charge in [0.25, 0.3) is 0 Å². The number of halogens is 3. The van der Waals surface area contributed by atoms with E-state index in [1.54, 1.807) is 36.4 Å². The molecule has 33 heavy (non-hydrogen) atoms. The predicted molar refractivity (Wildman–Crippen MR) is 127 cm³/mol. The number of nitrogens with one attached hydrogen (secondary N) is 2. The summed E-state index contributed by atoms with van der Waals surface area (Å²) in [5, 5.41) is 6.95. The summed E-state index contributed by atoms with van der Waals surface area (Å²) in [5.74, 6) is -1.98. The van der Waals surface area contributed by atoms with Crippen molar-refractivity contribution in [2.45, 2.75) is 20.5 Å². The van der Waals surface area contributed by atoms with Crippen LogP contribution in [0.2, 0.25) is 10.0 Å². The lowest BCUT2D eigenvalue weighted by Gasteiger charge is -2.11. The van der Waals surface area contributed by atoms with Gasteiger partial charge in [0, 0.05) is 21.8 Å². The predicted octanol–water partition coefficient (Wildman–Crippen LogP) is 5.42. The van der Waals surface area contributed by atoms with Crippen LogP contribution in [-0.2, 0) is 16.2 Å². The highest BCUT2D eigenvalue weighted by Gasteiger charge is 2.14. The van der Waals surface area contributed by atoms with E-state index in [1.807, 2.05) is 19.9 Å². The molecular formula is C24H20Cl2FN3O3. The first-order valence-electron chi connectivity index (χ1n) is 9.81. The number of hydrogen-bond acceptors (Lipinski definition) is 4. The Hall–Kier alpha value is -3.42. The summed E-state index contributed by atoms with van der Waals surface area (Å²) >= 11 is 12.1. The van der Waals surface area contributed by atoms with Gasteiger partial charge in [-0.15, -0.1) is 0 Å². The van der Waals surface area contributed by atoms with Crippen molar-refractivity contribution in [3.63, 3.8) is 0 Å². The SMILES string of the molecule is Cc1ccc(NC(=O)C(=O)N/N=C\c2cc(Cl)ccc2OCc2c(F)cccc2Cl)cc1C. The van der Waals surface area contributed by atoms with Crippen LogP contribution in [0.3, 0.4) is 0 Å². The molecule has 3 aromatic carbocycles. The number of hydrazone groups is 1. The smallest absolute Gasteiger partial charge is 0.329 e. The van der Waals surface area contributed by atoms with Crippen molar-refractivity contribution in [3.05, 3.63) is 92.7 Å². The molecular weight excluding hydrogens is 468 g/mol. The highest BCUT2D eigenvalue weighted by atomic mass is 35.5. The van der Waals surface area contributed by atoms with Gasteiger partial charge in [-0.25, -0.2) is 9.82 Å². The first-order chi connectivity index (χ1) is 15.7. The van der Waals surface area contributed by atoms with Gasteiger partial charge in [-0.2, -0.15) is 5.10 Å². The van der Waals surface area contributed by atoms with Crippen LogP contribution in [0.5, 0.6) is 5.75 Å². The van der Waals surface area contributed by atoms with E-state index in [0.29, 0.717) is 22.0 Å². The normalized spacial score (nSPS) is 10.8. The Kier molecular flexibility index (Phi) is 8.03. The van der Waals surface area contributed by atoms with E-state index in [0.717, 1.165) is 11.1 Å². The van der Waals surface area contributed by atoms with Gasteiger partial charge in [0.1, 0.15) is 18.2 Å². The lowest BCUT2D eigenvalue weighted by Crippen LogP contribution is -2.32. The van der Waals surface area contributed by atoms with E-state index >= 15 is 0 Å². The molecule has 9 heteroatoms. The van der Waals surface area contributed by atoms with Gasteiger partial charge in [0.05, 0.1) is 11.2 Å². The molecule has 0 aromatic heterocycles. The lowest BCUT2D eigenvalue weighted by atomic mass is 10.1. The monoisotopic (exact) mass is 487 g/mol. The topological polar surface area (TPSA) is 79.8 Å². The Balaban J connectivity index is 1.65. The summed E-state index contributed by atoms with van der Waals surface area (Å²) in [7, 11) is 0. The third-order valence-electron chi connectivity index (χ3n) is 4.75. The molecule has 0 aliphatic rings. The fourth-order valence-electron chi connectivity index (χ4n) is 2.79. The number of aryl methyl sites for hydroxylation is 2. The number of ether oxygens (including phenoxy) is 1. The lowest BCUT2D eigenvalue weighted by molar-refractivity contribution is -0.136.